The van der Waals surface area contributed by atoms with Crippen LogP contribution in [-0.2, 0) is 10.2 Å². The molecule has 0 saturated heterocycles. The Balaban J connectivity index is 1.53. The van der Waals surface area contributed by atoms with Crippen LogP contribution in [0.25, 0.3) is 0 Å². The Labute approximate surface area is 164 Å². The number of carbonyl (C=O) groups excluding carboxylic acids is 1. The van der Waals surface area contributed by atoms with Gasteiger partial charge in [0.05, 0.1) is 6.54 Å². The van der Waals surface area contributed by atoms with Crippen molar-refractivity contribution in [2.45, 2.75) is 44.4 Å². The van der Waals surface area contributed by atoms with E-state index in [0.29, 0.717) is 13.1 Å². The molecule has 2 fully saturated rings. The lowest BCUT2D eigenvalue weighted by Crippen LogP contribution is -2.44. The van der Waals surface area contributed by atoms with Gasteiger partial charge < -0.3 is 16.0 Å². The Bertz CT molecular complexity index is 636. The molecule has 0 spiro atoms. The van der Waals surface area contributed by atoms with Crippen LogP contribution in [0.2, 0.25) is 0 Å². The van der Waals surface area contributed by atoms with Crippen molar-refractivity contribution in [2.75, 3.05) is 26.2 Å². The Kier molecular flexibility index (Phi) is 6.57. The Hall–Kier alpha value is -1.56. The van der Waals surface area contributed by atoms with E-state index < -0.39 is 0 Å². The van der Waals surface area contributed by atoms with Crippen molar-refractivity contribution in [3.8, 4) is 0 Å². The van der Waals surface area contributed by atoms with Gasteiger partial charge in [-0.2, -0.15) is 0 Å². The number of nitrogens with zero attached hydrogens (tertiary/aromatic N) is 1. The lowest BCUT2D eigenvalue weighted by Gasteiger charge is -2.41. The van der Waals surface area contributed by atoms with Crippen LogP contribution in [-0.4, -0.2) is 38.0 Å². The van der Waals surface area contributed by atoms with Crippen LogP contribution in [0.15, 0.2) is 33.7 Å². The molecule has 2 saturated carbocycles. The molecule has 0 aliphatic heterocycles. The van der Waals surface area contributed by atoms with E-state index in [1.54, 1.807) is 0 Å². The summed E-state index contributed by atoms with van der Waals surface area (Å²) < 4.78 is 1.11. The van der Waals surface area contributed by atoms with Gasteiger partial charge in [-0.05, 0) is 50.3 Å². The van der Waals surface area contributed by atoms with Gasteiger partial charge in [-0.3, -0.25) is 9.79 Å². The minimum atomic E-state index is 0.170. The quantitative estimate of drug-likeness (QED) is 0.344. The van der Waals surface area contributed by atoms with Crippen LogP contribution in [0.5, 0.6) is 0 Å². The van der Waals surface area contributed by atoms with Gasteiger partial charge in [-0.1, -0.05) is 34.5 Å². The molecule has 2 aliphatic rings. The average molecular weight is 421 g/mol. The molecule has 0 atom stereocenters. The highest BCUT2D eigenvalue weighted by Gasteiger charge is 2.38. The molecule has 1 aromatic carbocycles. The number of guanidine groups is 1. The minimum absolute atomic E-state index is 0.170. The second-order valence-electron chi connectivity index (χ2n) is 7.33. The summed E-state index contributed by atoms with van der Waals surface area (Å²) in [6.07, 6.45) is 5.73. The van der Waals surface area contributed by atoms with Crippen LogP contribution in [0.4, 0.5) is 0 Å². The third kappa shape index (κ3) is 5.00. The Morgan fingerprint density at radius 1 is 1.15 bits per heavy atom. The summed E-state index contributed by atoms with van der Waals surface area (Å²) in [6.45, 7) is 5.01. The number of carbonyl (C=O) groups is 1. The summed E-state index contributed by atoms with van der Waals surface area (Å²) in [6, 6.07) is 8.66. The summed E-state index contributed by atoms with van der Waals surface area (Å²) in [5.74, 6) is 1.29. The zero-order chi connectivity index (χ0) is 18.4. The number of benzene rings is 1. The molecule has 0 heterocycles. The van der Waals surface area contributed by atoms with Crippen molar-refractivity contribution >= 4 is 27.8 Å². The number of halogens is 1. The first-order chi connectivity index (χ1) is 12.6. The number of rotatable bonds is 8. The molecule has 3 rings (SSSR count). The number of amides is 1. The Morgan fingerprint density at radius 2 is 1.85 bits per heavy atom. The van der Waals surface area contributed by atoms with Gasteiger partial charge in [0, 0.05) is 35.4 Å². The molecule has 6 heteroatoms. The highest BCUT2D eigenvalue weighted by Crippen LogP contribution is 2.44. The maximum atomic E-state index is 11.7. The maximum Gasteiger partial charge on any atom is 0.223 e. The smallest absolute Gasteiger partial charge is 0.223 e. The van der Waals surface area contributed by atoms with Crippen molar-refractivity contribution in [3.63, 3.8) is 0 Å². The fourth-order valence-corrected chi connectivity index (χ4v) is 3.64. The number of hydrogen-bond acceptors (Lipinski definition) is 2. The summed E-state index contributed by atoms with van der Waals surface area (Å²) >= 11 is 3.52. The molecule has 5 nitrogen and oxygen atoms in total. The molecule has 0 unspecified atom stereocenters. The molecule has 0 bridgehead atoms. The molecule has 0 aromatic heterocycles. The highest BCUT2D eigenvalue weighted by atomic mass is 79.9. The van der Waals surface area contributed by atoms with Gasteiger partial charge in [0.2, 0.25) is 5.91 Å². The predicted molar refractivity (Wildman–Crippen MR) is 109 cm³/mol. The van der Waals surface area contributed by atoms with Gasteiger partial charge in [0.1, 0.15) is 0 Å². The predicted octanol–water partition coefficient (Wildman–Crippen LogP) is 2.95. The van der Waals surface area contributed by atoms with E-state index in [-0.39, 0.29) is 17.2 Å². The molecule has 0 radical (unpaired) electrons. The van der Waals surface area contributed by atoms with E-state index in [9.17, 15) is 4.79 Å². The van der Waals surface area contributed by atoms with E-state index in [2.05, 4.69) is 63.1 Å². The first-order valence-corrected chi connectivity index (χ1v) is 10.5. The lowest BCUT2D eigenvalue weighted by atomic mass is 9.64. The second kappa shape index (κ2) is 8.89. The van der Waals surface area contributed by atoms with Crippen LogP contribution in [0.3, 0.4) is 0 Å². The normalized spacial score (nSPS) is 18.8. The molecule has 1 amide bonds. The summed E-state index contributed by atoms with van der Waals surface area (Å²) in [7, 11) is 0. The third-order valence-electron chi connectivity index (χ3n) is 5.32. The third-order valence-corrected chi connectivity index (χ3v) is 5.84. The molecule has 142 valence electrons. The van der Waals surface area contributed by atoms with Crippen LogP contribution < -0.4 is 16.0 Å². The van der Waals surface area contributed by atoms with Crippen LogP contribution in [0, 0.1) is 5.92 Å². The van der Waals surface area contributed by atoms with Crippen molar-refractivity contribution < 1.29 is 4.79 Å². The van der Waals surface area contributed by atoms with Gasteiger partial charge in [-0.25, -0.2) is 0 Å². The topological polar surface area (TPSA) is 65.5 Å². The first kappa shape index (κ1) is 19.2. The van der Waals surface area contributed by atoms with Crippen molar-refractivity contribution in [2.24, 2.45) is 10.9 Å². The fourth-order valence-electron chi connectivity index (χ4n) is 3.37. The van der Waals surface area contributed by atoms with Crippen LogP contribution >= 0.6 is 15.9 Å². The van der Waals surface area contributed by atoms with Gasteiger partial charge in [0.25, 0.3) is 0 Å². The zero-order valence-electron chi connectivity index (χ0n) is 15.5. The van der Waals surface area contributed by atoms with Gasteiger partial charge in [0.15, 0.2) is 5.96 Å². The average Bonchev–Trinajstić information content (AvgIpc) is 3.44. The largest absolute Gasteiger partial charge is 0.357 e. The number of nitrogens with one attached hydrogen (secondary N) is 3. The number of hydrogen-bond donors (Lipinski definition) is 3. The van der Waals surface area contributed by atoms with E-state index in [1.807, 2.05) is 0 Å². The molecule has 3 N–H and O–H groups in total. The molecule has 26 heavy (non-hydrogen) atoms. The first-order valence-electron chi connectivity index (χ1n) is 9.69. The number of aliphatic imine (C=N–C) groups is 1. The summed E-state index contributed by atoms with van der Waals surface area (Å²) in [4.78, 5) is 16.5. The molecule has 2 aliphatic carbocycles. The summed E-state index contributed by atoms with van der Waals surface area (Å²) in [5, 5.41) is 9.62. The van der Waals surface area contributed by atoms with Crippen LogP contribution in [0.1, 0.15) is 44.6 Å². The summed E-state index contributed by atoms with van der Waals surface area (Å²) in [5.41, 5.74) is 1.55. The second-order valence-corrected chi connectivity index (χ2v) is 8.24. The van der Waals surface area contributed by atoms with Crippen molar-refractivity contribution in [1.82, 2.24) is 16.0 Å². The monoisotopic (exact) mass is 420 g/mol. The van der Waals surface area contributed by atoms with Crippen molar-refractivity contribution in [1.29, 1.82) is 0 Å². The van der Waals surface area contributed by atoms with Crippen molar-refractivity contribution in [3.05, 3.63) is 34.3 Å². The zero-order valence-corrected chi connectivity index (χ0v) is 17.1. The fraction of sp³-hybridized carbons (Fsp3) is 0.600. The molecular weight excluding hydrogens is 392 g/mol. The SMILES string of the molecule is CCNC(=NCC1(c2ccc(Br)cc2)CCC1)NCCNC(=O)C1CC1. The van der Waals surface area contributed by atoms with E-state index in [0.717, 1.165) is 36.4 Å². The minimum Gasteiger partial charge on any atom is -0.357 e. The van der Waals surface area contributed by atoms with E-state index >= 15 is 0 Å². The van der Waals surface area contributed by atoms with Gasteiger partial charge in [-0.15, -0.1) is 0 Å². The standard InChI is InChI=1S/C20H29BrN4O/c1-2-22-19(24-13-12-23-18(26)15-4-5-15)25-14-20(10-3-11-20)16-6-8-17(21)9-7-16/h6-9,15H,2-5,10-14H2,1H3,(H,23,26)(H2,22,24,25). The molecule has 1 aromatic rings. The molecular formula is C20H29BrN4O. The highest BCUT2D eigenvalue weighted by molar-refractivity contribution is 9.10. The van der Waals surface area contributed by atoms with Gasteiger partial charge >= 0.3 is 0 Å². The lowest BCUT2D eigenvalue weighted by molar-refractivity contribution is -0.122. The van der Waals surface area contributed by atoms with E-state index in [4.69, 9.17) is 4.99 Å². The Morgan fingerprint density at radius 3 is 2.42 bits per heavy atom. The maximum absolute atomic E-state index is 11.7. The van der Waals surface area contributed by atoms with E-state index in [1.165, 1.54) is 24.8 Å².